The van der Waals surface area contributed by atoms with Crippen molar-refractivity contribution in [3.8, 4) is 11.5 Å². The largest absolute Gasteiger partial charge is 0.508 e. The van der Waals surface area contributed by atoms with Gasteiger partial charge in [-0.1, -0.05) is 113 Å². The van der Waals surface area contributed by atoms with Crippen molar-refractivity contribution >= 4 is 123 Å². The molecule has 744 valence electrons. The van der Waals surface area contributed by atoms with E-state index in [9.17, 15) is 58.0 Å². The number of hydrogen-bond donors (Lipinski definition) is 15. The number of aromatic hydroxyl groups is 2. The number of thioether (sulfide) groups is 1. The number of carbonyl (C=O) groups is 17. The molecular formula is C97H116F4N16O21S. The van der Waals surface area contributed by atoms with Gasteiger partial charge in [-0.05, 0) is 145 Å². The summed E-state index contributed by atoms with van der Waals surface area (Å²) in [5.74, 6) is -28.1. The Morgan fingerprint density at radius 3 is 1.56 bits per heavy atom. The lowest BCUT2D eigenvalue weighted by molar-refractivity contribution is -0.152. The normalized spacial score (nSPS) is 23.1. The van der Waals surface area contributed by atoms with Crippen LogP contribution < -0.4 is 53.6 Å². The number of halogens is 4. The fraction of sp³-hybridized carbons (Fsp3) is 0.433. The number of aromatic nitrogens is 1. The zero-order chi connectivity index (χ0) is 101. The van der Waals surface area contributed by atoms with E-state index >= 15 is 61.5 Å². The first kappa shape index (κ1) is 107. The molecule has 7 aromatic rings. The number of amides is 15. The molecule has 13 atom stereocenters. The van der Waals surface area contributed by atoms with E-state index in [1.807, 2.05) is 0 Å². The SMILES string of the molecule is CC(C)C[C@@H]1NC(=O)[C@H](Cc2ccc(O)cc2)NC(=O)[C@H](Cc2c[nH]c3ccccc23)NC(=O)[C@H]2CCCCN2C(=O)[C@H](CCC(=O)O)NC(=O)[C@H](Cc2ccccc2)N(C)C(=O)[C@H](C(C)C)NC(=O)[C@H](CC(=O)O)NC(=O)[C@H]2CCCN2C(=O)[C@H](Cc2ccc(O)cc2)N(C)C(=O)[C@H](Cc2ccc(F)cc2)N(C)C(=O)[C@H](Cc2cc(F)c(F)c(F)c2)NC(=O)CSC[C@@H](C(=O)NCC(N)=O)NC1=O. The Labute approximate surface area is 802 Å². The van der Waals surface area contributed by atoms with Crippen LogP contribution in [0.3, 0.4) is 0 Å². The maximum Gasteiger partial charge on any atom is 0.305 e. The second-order valence-electron chi connectivity index (χ2n) is 35.6. The van der Waals surface area contributed by atoms with Crippen LogP contribution in [0.5, 0.6) is 11.5 Å². The van der Waals surface area contributed by atoms with E-state index in [0.717, 1.165) is 43.7 Å². The maximum absolute atomic E-state index is 15.9. The van der Waals surface area contributed by atoms with Crippen LogP contribution in [0.25, 0.3) is 10.9 Å². The van der Waals surface area contributed by atoms with Gasteiger partial charge in [0.05, 0.1) is 18.7 Å². The highest BCUT2D eigenvalue weighted by Crippen LogP contribution is 2.29. The van der Waals surface area contributed by atoms with E-state index in [1.165, 1.54) is 88.6 Å². The van der Waals surface area contributed by atoms with E-state index in [4.69, 9.17) is 5.73 Å². The Balaban J connectivity index is 1.07. The molecule has 0 radical (unpaired) electrons. The van der Waals surface area contributed by atoms with Gasteiger partial charge in [-0.3, -0.25) is 81.5 Å². The third-order valence-electron chi connectivity index (χ3n) is 24.5. The van der Waals surface area contributed by atoms with Crippen LogP contribution >= 0.6 is 11.8 Å². The third kappa shape index (κ3) is 29.5. The van der Waals surface area contributed by atoms with Crippen LogP contribution in [-0.2, 0) is 120 Å². The van der Waals surface area contributed by atoms with Crippen LogP contribution in [0.4, 0.5) is 17.6 Å². The van der Waals surface area contributed by atoms with E-state index in [1.54, 1.807) is 74.6 Å². The van der Waals surface area contributed by atoms with Crippen molar-refractivity contribution in [1.82, 2.24) is 77.3 Å². The molecule has 10 rings (SSSR count). The number of aromatic amines is 1. The van der Waals surface area contributed by atoms with Crippen molar-refractivity contribution in [1.29, 1.82) is 0 Å². The molecule has 0 unspecified atom stereocenters. The molecule has 15 amide bonds. The number of nitrogens with one attached hydrogen (secondary N) is 10. The molecule has 6 aromatic carbocycles. The number of fused-ring (bicyclic) bond motifs is 3. The first-order valence-corrected chi connectivity index (χ1v) is 46.6. The topological polar surface area (TPSA) is 537 Å². The Morgan fingerprint density at radius 1 is 0.475 bits per heavy atom. The maximum atomic E-state index is 15.9. The molecule has 3 saturated heterocycles. The molecule has 3 aliphatic heterocycles. The molecule has 0 spiro atoms. The summed E-state index contributed by atoms with van der Waals surface area (Å²) >= 11 is 0.620. The van der Waals surface area contributed by atoms with Crippen molar-refractivity contribution in [2.24, 2.45) is 17.6 Å². The van der Waals surface area contributed by atoms with Gasteiger partial charge in [0.2, 0.25) is 88.6 Å². The number of piperidine rings is 1. The molecule has 0 aliphatic carbocycles. The number of rotatable bonds is 23. The Hall–Kier alpha value is -14.5. The van der Waals surface area contributed by atoms with Gasteiger partial charge in [-0.15, -0.1) is 11.8 Å². The highest BCUT2D eigenvalue weighted by Gasteiger charge is 2.47. The molecule has 4 heterocycles. The lowest BCUT2D eigenvalue weighted by atomic mass is 9.97. The second kappa shape index (κ2) is 49.5. The highest BCUT2D eigenvalue weighted by molar-refractivity contribution is 8.00. The predicted octanol–water partition coefficient (Wildman–Crippen LogP) is 3.01. The number of aliphatic carboxylic acids is 2. The number of H-pyrrole nitrogens is 1. The van der Waals surface area contributed by atoms with Crippen LogP contribution in [0, 0.1) is 35.1 Å². The summed E-state index contributed by atoms with van der Waals surface area (Å²) in [6, 6.07) is 9.20. The van der Waals surface area contributed by atoms with Gasteiger partial charge >= 0.3 is 11.9 Å². The third-order valence-corrected chi connectivity index (χ3v) is 25.5. The summed E-state index contributed by atoms with van der Waals surface area (Å²) in [6.07, 6.45) is -3.50. The standard InChI is InChI=1S/C97H116F4N16O21S/c1-52(2)38-68-86(127)111-73(85(126)104-49-79(102)120)50-139-51-80(121)105-72(42-58-39-64(99)83(101)65(100)40-58)93(134)114(6)77(44-56-22-28-60(98)29-23-56)95(136)115(7)78(45-57-26-32-62(119)33-27-57)96(137)117-37-15-21-75(117)91(132)110-71(47-82(124)125)89(130)112-84(53(3)4)97(138)113(5)76(43-54-16-9-8-10-17-54)92(133)106-67(34-35-81(122)123)94(135)116-36-14-13-20-74(116)90(131)109-70(46-59-48-103-66-19-12-11-18-63(59)66)88(129)108-69(87(128)107-68)41-55-24-30-61(118)31-25-55/h8-12,16-19,22-33,39-40,48,52-53,67-78,84,103,118-119H,13-15,20-21,34-38,41-47,49-51H2,1-7H3,(H2,102,120)(H,104,126)(H,105,121)(H,106,133)(H,107,128)(H,108,129)(H,109,131)(H,110,132)(H,111,127)(H,112,130)(H,122,123)(H,124,125)/t67-,68-,69-,70-,71-,72-,73-,74+,75+,76-,77-,78-,84-/m0/s1. The van der Waals surface area contributed by atoms with E-state index in [2.05, 4.69) is 52.8 Å². The van der Waals surface area contributed by atoms with Gasteiger partial charge in [-0.2, -0.15) is 0 Å². The van der Waals surface area contributed by atoms with Crippen LogP contribution in [-0.4, -0.2) is 281 Å². The van der Waals surface area contributed by atoms with E-state index in [0.29, 0.717) is 57.9 Å². The number of hydrogen-bond acceptors (Lipinski definition) is 20. The molecule has 0 saturated carbocycles. The average molecular weight is 1950 g/mol. The number of phenolic OH excluding ortho intramolecular Hbond substituents is 2. The fourth-order valence-corrected chi connectivity index (χ4v) is 17.9. The molecule has 37 nitrogen and oxygen atoms in total. The van der Waals surface area contributed by atoms with Gasteiger partial charge in [-0.25, -0.2) is 17.6 Å². The number of phenols is 2. The molecule has 3 aliphatic rings. The monoisotopic (exact) mass is 1950 g/mol. The Morgan fingerprint density at radius 2 is 0.964 bits per heavy atom. The van der Waals surface area contributed by atoms with Gasteiger partial charge in [0.1, 0.15) is 95.9 Å². The molecule has 139 heavy (non-hydrogen) atoms. The second-order valence-corrected chi connectivity index (χ2v) is 36.6. The first-order valence-electron chi connectivity index (χ1n) is 45.5. The fourth-order valence-electron chi connectivity index (χ4n) is 17.0. The number of likely N-dealkylation sites (N-methyl/N-ethyl adjacent to an activating group) is 3. The lowest BCUT2D eigenvalue weighted by Crippen LogP contribution is -2.63. The average Bonchev–Trinajstić information content (AvgIpc) is 1.79. The number of nitrogens with zero attached hydrogens (tertiary/aromatic N) is 5. The minimum Gasteiger partial charge on any atom is -0.508 e. The van der Waals surface area contributed by atoms with Gasteiger partial charge in [0, 0.05) is 102 Å². The Bertz CT molecular complexity index is 5620. The summed E-state index contributed by atoms with van der Waals surface area (Å²) in [5.41, 5.74) is 7.30. The zero-order valence-electron chi connectivity index (χ0n) is 77.6. The van der Waals surface area contributed by atoms with E-state index in [-0.39, 0.29) is 87.1 Å². The van der Waals surface area contributed by atoms with Crippen molar-refractivity contribution in [2.75, 3.05) is 52.3 Å². The summed E-state index contributed by atoms with van der Waals surface area (Å²) in [5, 5.41) is 65.4. The summed E-state index contributed by atoms with van der Waals surface area (Å²) in [4.78, 5) is 260. The summed E-state index contributed by atoms with van der Waals surface area (Å²) in [6.45, 7) is 5.15. The van der Waals surface area contributed by atoms with Crippen molar-refractivity contribution in [3.05, 3.63) is 202 Å². The molecule has 1 aromatic heterocycles. The van der Waals surface area contributed by atoms with E-state index < -0.39 is 276 Å². The number of carboxylic acids is 2. The minimum atomic E-state index is -2.04. The van der Waals surface area contributed by atoms with Crippen molar-refractivity contribution in [2.45, 2.75) is 203 Å². The number of nitrogens with two attached hydrogens (primary N) is 1. The van der Waals surface area contributed by atoms with Crippen molar-refractivity contribution in [3.63, 3.8) is 0 Å². The number of primary amides is 1. The predicted molar refractivity (Wildman–Crippen MR) is 498 cm³/mol. The summed E-state index contributed by atoms with van der Waals surface area (Å²) < 4.78 is 60.1. The lowest BCUT2D eigenvalue weighted by Gasteiger charge is -2.38. The molecule has 42 heteroatoms. The van der Waals surface area contributed by atoms with Crippen LogP contribution in [0.2, 0.25) is 0 Å². The van der Waals surface area contributed by atoms with Crippen molar-refractivity contribution < 1.29 is 119 Å². The number of carboxylic acid groups (broad SMARTS) is 2. The van der Waals surface area contributed by atoms with Gasteiger partial charge in [0.25, 0.3) is 0 Å². The zero-order valence-corrected chi connectivity index (χ0v) is 78.4. The van der Waals surface area contributed by atoms with Crippen LogP contribution in [0.15, 0.2) is 146 Å². The van der Waals surface area contributed by atoms with Crippen LogP contribution in [0.1, 0.15) is 119 Å². The number of carbonyl (C=O) groups excluding carboxylic acids is 15. The Kier molecular flexibility index (Phi) is 38.0. The summed E-state index contributed by atoms with van der Waals surface area (Å²) in [7, 11) is 3.46. The number of para-hydroxylation sites is 1. The molecular weight excluding hydrogens is 1830 g/mol. The smallest absolute Gasteiger partial charge is 0.305 e. The minimum absolute atomic E-state index is 0.0697. The van der Waals surface area contributed by atoms with Gasteiger partial charge < -0.3 is 103 Å². The first-order chi connectivity index (χ1) is 66.0. The van der Waals surface area contributed by atoms with Gasteiger partial charge in [0.15, 0.2) is 17.5 Å². The molecule has 0 bridgehead atoms. The molecule has 3 fully saturated rings. The highest BCUT2D eigenvalue weighted by atomic mass is 32.2. The quantitative estimate of drug-likeness (QED) is 0.0323. The number of benzene rings is 6. The molecule has 16 N–H and O–H groups in total.